The highest BCUT2D eigenvalue weighted by molar-refractivity contribution is 9.10. The maximum atomic E-state index is 5.26. The van der Waals surface area contributed by atoms with Crippen LogP contribution in [0.4, 0.5) is 0 Å². The first kappa shape index (κ1) is 12.3. The summed E-state index contributed by atoms with van der Waals surface area (Å²) in [5, 5.41) is 4.00. The molecule has 0 saturated heterocycles. The standard InChI is InChI=1S/C12H14BrN3O/c1-8(16(2)3)12-14-11(15-17-12)9-5-4-6-10(13)7-9/h4-8H,1-3H3/t8-/m1/s1. The zero-order valence-corrected chi connectivity index (χ0v) is 11.6. The summed E-state index contributed by atoms with van der Waals surface area (Å²) in [7, 11) is 3.96. The third-order valence-corrected chi connectivity index (χ3v) is 3.15. The van der Waals surface area contributed by atoms with E-state index in [1.54, 1.807) is 0 Å². The van der Waals surface area contributed by atoms with E-state index in [9.17, 15) is 0 Å². The molecule has 0 spiro atoms. The number of hydrogen-bond acceptors (Lipinski definition) is 4. The van der Waals surface area contributed by atoms with Gasteiger partial charge in [0.2, 0.25) is 11.7 Å². The Kier molecular flexibility index (Phi) is 3.59. The van der Waals surface area contributed by atoms with Gasteiger partial charge in [-0.3, -0.25) is 4.90 Å². The van der Waals surface area contributed by atoms with Gasteiger partial charge >= 0.3 is 0 Å². The van der Waals surface area contributed by atoms with Crippen LogP contribution in [0.1, 0.15) is 18.9 Å². The summed E-state index contributed by atoms with van der Waals surface area (Å²) in [5.74, 6) is 1.25. The van der Waals surface area contributed by atoms with Gasteiger partial charge in [0.05, 0.1) is 6.04 Å². The average Bonchev–Trinajstić information content (AvgIpc) is 2.77. The van der Waals surface area contributed by atoms with Crippen molar-refractivity contribution in [3.8, 4) is 11.4 Å². The van der Waals surface area contributed by atoms with Crippen LogP contribution in [0.5, 0.6) is 0 Å². The molecule has 5 heteroatoms. The molecule has 0 aliphatic heterocycles. The van der Waals surface area contributed by atoms with Crippen LogP contribution >= 0.6 is 15.9 Å². The van der Waals surface area contributed by atoms with Crippen molar-refractivity contribution in [1.29, 1.82) is 0 Å². The lowest BCUT2D eigenvalue weighted by Crippen LogP contribution is -2.16. The van der Waals surface area contributed by atoms with Gasteiger partial charge in [0, 0.05) is 10.0 Å². The van der Waals surface area contributed by atoms with E-state index >= 15 is 0 Å². The van der Waals surface area contributed by atoms with Crippen LogP contribution in [-0.4, -0.2) is 29.1 Å². The second kappa shape index (κ2) is 4.98. The van der Waals surface area contributed by atoms with Crippen LogP contribution in [0, 0.1) is 0 Å². The smallest absolute Gasteiger partial charge is 0.244 e. The van der Waals surface area contributed by atoms with Crippen LogP contribution in [0.25, 0.3) is 11.4 Å². The number of rotatable bonds is 3. The molecule has 0 saturated carbocycles. The summed E-state index contributed by atoms with van der Waals surface area (Å²) in [6.45, 7) is 2.03. The second-order valence-electron chi connectivity index (χ2n) is 4.11. The minimum atomic E-state index is 0.114. The maximum absolute atomic E-state index is 5.26. The highest BCUT2D eigenvalue weighted by atomic mass is 79.9. The monoisotopic (exact) mass is 295 g/mol. The number of nitrogens with zero attached hydrogens (tertiary/aromatic N) is 3. The fourth-order valence-electron chi connectivity index (χ4n) is 1.37. The van der Waals surface area contributed by atoms with E-state index in [0.717, 1.165) is 10.0 Å². The lowest BCUT2D eigenvalue weighted by molar-refractivity contribution is 0.245. The Bertz CT molecular complexity index is 510. The molecule has 4 nitrogen and oxygen atoms in total. The van der Waals surface area contributed by atoms with Gasteiger partial charge in [-0.15, -0.1) is 0 Å². The van der Waals surface area contributed by atoms with Gasteiger partial charge in [0.1, 0.15) is 0 Å². The van der Waals surface area contributed by atoms with Crippen LogP contribution in [0.3, 0.4) is 0 Å². The van der Waals surface area contributed by atoms with Crippen molar-refractivity contribution in [2.45, 2.75) is 13.0 Å². The third kappa shape index (κ3) is 2.73. The Morgan fingerprint density at radius 1 is 1.35 bits per heavy atom. The average molecular weight is 296 g/mol. The summed E-state index contributed by atoms with van der Waals surface area (Å²) in [5.41, 5.74) is 0.945. The summed E-state index contributed by atoms with van der Waals surface area (Å²) in [6, 6.07) is 7.95. The van der Waals surface area contributed by atoms with Crippen molar-refractivity contribution in [3.05, 3.63) is 34.6 Å². The third-order valence-electron chi connectivity index (χ3n) is 2.66. The summed E-state index contributed by atoms with van der Waals surface area (Å²) in [4.78, 5) is 6.43. The molecule has 1 aromatic heterocycles. The lowest BCUT2D eigenvalue weighted by Gasteiger charge is -2.14. The summed E-state index contributed by atoms with van der Waals surface area (Å²) in [6.07, 6.45) is 0. The van der Waals surface area contributed by atoms with Gasteiger partial charge in [0.15, 0.2) is 0 Å². The minimum Gasteiger partial charge on any atom is -0.337 e. The Balaban J connectivity index is 2.30. The largest absolute Gasteiger partial charge is 0.337 e. The van der Waals surface area contributed by atoms with Gasteiger partial charge in [-0.2, -0.15) is 4.98 Å². The molecule has 2 aromatic rings. The molecule has 1 atom stereocenters. The maximum Gasteiger partial charge on any atom is 0.244 e. The first-order valence-corrected chi connectivity index (χ1v) is 6.13. The molecule has 1 heterocycles. The molecule has 2 rings (SSSR count). The molecular formula is C12H14BrN3O. The van der Waals surface area contributed by atoms with E-state index in [0.29, 0.717) is 11.7 Å². The van der Waals surface area contributed by atoms with Crippen molar-refractivity contribution in [2.75, 3.05) is 14.1 Å². The van der Waals surface area contributed by atoms with Gasteiger partial charge in [-0.05, 0) is 33.2 Å². The zero-order valence-electron chi connectivity index (χ0n) is 10.0. The van der Waals surface area contributed by atoms with E-state index < -0.39 is 0 Å². The molecule has 0 aliphatic rings. The van der Waals surface area contributed by atoms with Crippen molar-refractivity contribution in [3.63, 3.8) is 0 Å². The molecular weight excluding hydrogens is 282 g/mol. The first-order chi connectivity index (χ1) is 8.08. The summed E-state index contributed by atoms with van der Waals surface area (Å²) >= 11 is 3.42. The normalized spacial score (nSPS) is 13.0. The molecule has 0 amide bonds. The summed E-state index contributed by atoms with van der Waals surface area (Å²) < 4.78 is 6.27. The van der Waals surface area contributed by atoms with Gasteiger partial charge in [-0.25, -0.2) is 0 Å². The van der Waals surface area contributed by atoms with Gasteiger partial charge in [-0.1, -0.05) is 33.2 Å². The molecule has 0 aliphatic carbocycles. The SMILES string of the molecule is C[C@H](c1nc(-c2cccc(Br)c2)no1)N(C)C. The number of aromatic nitrogens is 2. The Morgan fingerprint density at radius 3 is 2.76 bits per heavy atom. The van der Waals surface area contributed by atoms with Gasteiger partial charge in [0.25, 0.3) is 0 Å². The number of halogens is 1. The fraction of sp³-hybridized carbons (Fsp3) is 0.333. The quantitative estimate of drug-likeness (QED) is 0.872. The van der Waals surface area contributed by atoms with Crippen molar-refractivity contribution in [2.24, 2.45) is 0 Å². The zero-order chi connectivity index (χ0) is 12.4. The predicted molar refractivity (Wildman–Crippen MR) is 69.5 cm³/mol. The van der Waals surface area contributed by atoms with Crippen molar-refractivity contribution in [1.82, 2.24) is 15.0 Å². The molecule has 0 unspecified atom stereocenters. The van der Waals surface area contributed by atoms with Gasteiger partial charge < -0.3 is 4.52 Å². The molecule has 0 fully saturated rings. The van der Waals surface area contributed by atoms with E-state index in [4.69, 9.17) is 4.52 Å². The van der Waals surface area contributed by atoms with Crippen molar-refractivity contribution < 1.29 is 4.52 Å². The lowest BCUT2D eigenvalue weighted by atomic mass is 10.2. The first-order valence-electron chi connectivity index (χ1n) is 5.34. The van der Waals surface area contributed by atoms with E-state index in [2.05, 4.69) is 26.1 Å². The molecule has 1 aromatic carbocycles. The fourth-order valence-corrected chi connectivity index (χ4v) is 1.77. The van der Waals surface area contributed by atoms with Crippen LogP contribution in [0.2, 0.25) is 0 Å². The second-order valence-corrected chi connectivity index (χ2v) is 5.02. The molecule has 0 N–H and O–H groups in total. The van der Waals surface area contributed by atoms with Crippen LogP contribution in [-0.2, 0) is 0 Å². The van der Waals surface area contributed by atoms with E-state index in [-0.39, 0.29) is 6.04 Å². The Labute approximate surface area is 109 Å². The van der Waals surface area contributed by atoms with E-state index in [1.165, 1.54) is 0 Å². The van der Waals surface area contributed by atoms with Crippen molar-refractivity contribution >= 4 is 15.9 Å². The van der Waals surface area contributed by atoms with E-state index in [1.807, 2.05) is 50.2 Å². The molecule has 0 bridgehead atoms. The highest BCUT2D eigenvalue weighted by Crippen LogP contribution is 2.23. The molecule has 90 valence electrons. The van der Waals surface area contributed by atoms with Crippen LogP contribution in [0.15, 0.2) is 33.3 Å². The number of benzene rings is 1. The predicted octanol–water partition coefficient (Wildman–Crippen LogP) is 3.12. The Morgan fingerprint density at radius 2 is 2.12 bits per heavy atom. The molecule has 0 radical (unpaired) electrons. The highest BCUT2D eigenvalue weighted by Gasteiger charge is 2.16. The Hall–Kier alpha value is -1.20. The minimum absolute atomic E-state index is 0.114. The number of hydrogen-bond donors (Lipinski definition) is 0. The topological polar surface area (TPSA) is 42.2 Å². The van der Waals surface area contributed by atoms with Crippen LogP contribution < -0.4 is 0 Å². The molecule has 17 heavy (non-hydrogen) atoms.